The van der Waals surface area contributed by atoms with Gasteiger partial charge in [-0.2, -0.15) is 0 Å². The summed E-state index contributed by atoms with van der Waals surface area (Å²) in [5.41, 5.74) is 4.47. The van der Waals surface area contributed by atoms with Crippen LogP contribution in [-0.4, -0.2) is 36.7 Å². The Kier molecular flexibility index (Phi) is 5.06. The monoisotopic (exact) mass is 196 g/mol. The maximum absolute atomic E-state index is 13.2. The van der Waals surface area contributed by atoms with E-state index in [0.29, 0.717) is 19.4 Å². The van der Waals surface area contributed by atoms with Crippen molar-refractivity contribution in [1.82, 2.24) is 4.90 Å². The lowest BCUT2D eigenvalue weighted by molar-refractivity contribution is 0.0758. The van der Waals surface area contributed by atoms with Crippen molar-refractivity contribution in [3.05, 3.63) is 0 Å². The first kappa shape index (κ1) is 12.1. The molecular formula is C8H18ClFN2. The van der Waals surface area contributed by atoms with Crippen molar-refractivity contribution in [2.24, 2.45) is 5.73 Å². The molecular weight excluding hydrogens is 179 g/mol. The lowest BCUT2D eigenvalue weighted by Crippen LogP contribution is -2.42. The number of halogens is 2. The zero-order valence-electron chi connectivity index (χ0n) is 7.55. The third kappa shape index (κ3) is 3.70. The predicted octanol–water partition coefficient (Wildman–Crippen LogP) is 1.19. The van der Waals surface area contributed by atoms with Crippen LogP contribution in [0.5, 0.6) is 0 Å². The fourth-order valence-electron chi connectivity index (χ4n) is 1.43. The number of rotatable bonds is 2. The number of piperidine rings is 1. The van der Waals surface area contributed by atoms with E-state index in [0.717, 1.165) is 19.6 Å². The summed E-state index contributed by atoms with van der Waals surface area (Å²) in [4.78, 5) is 2.22. The Morgan fingerprint density at radius 2 is 1.92 bits per heavy atom. The minimum atomic E-state index is -0.925. The highest BCUT2D eigenvalue weighted by molar-refractivity contribution is 5.85. The van der Waals surface area contributed by atoms with Gasteiger partial charge in [0.15, 0.2) is 0 Å². The topological polar surface area (TPSA) is 29.3 Å². The van der Waals surface area contributed by atoms with E-state index in [2.05, 4.69) is 4.90 Å². The highest BCUT2D eigenvalue weighted by Gasteiger charge is 2.28. The van der Waals surface area contributed by atoms with Gasteiger partial charge in [0.1, 0.15) is 5.67 Å². The molecule has 1 saturated heterocycles. The van der Waals surface area contributed by atoms with Crippen LogP contribution in [0.3, 0.4) is 0 Å². The second kappa shape index (κ2) is 5.00. The normalized spacial score (nSPS) is 23.2. The number of hydrogen-bond donors (Lipinski definition) is 1. The largest absolute Gasteiger partial charge is 0.329 e. The van der Waals surface area contributed by atoms with E-state index < -0.39 is 5.67 Å². The van der Waals surface area contributed by atoms with Gasteiger partial charge in [-0.3, -0.25) is 0 Å². The van der Waals surface area contributed by atoms with Crippen LogP contribution >= 0.6 is 12.4 Å². The molecule has 1 heterocycles. The Bertz CT molecular complexity index is 120. The molecule has 0 unspecified atom stereocenters. The standard InChI is InChI=1S/C8H17FN2.ClH/c1-8(9)2-5-11(6-3-8)7-4-10;/h2-7,10H2,1H3;1H. The van der Waals surface area contributed by atoms with Gasteiger partial charge in [0.05, 0.1) is 0 Å². The van der Waals surface area contributed by atoms with Gasteiger partial charge in [-0.15, -0.1) is 12.4 Å². The second-order valence-electron chi connectivity index (χ2n) is 3.54. The molecule has 0 aromatic rings. The SMILES string of the molecule is CC1(F)CCN(CCN)CC1.Cl. The van der Waals surface area contributed by atoms with Crippen LogP contribution in [0.15, 0.2) is 0 Å². The number of hydrogen-bond acceptors (Lipinski definition) is 2. The number of nitrogens with two attached hydrogens (primary N) is 1. The summed E-state index contributed by atoms with van der Waals surface area (Å²) >= 11 is 0. The molecule has 1 aliphatic heterocycles. The molecule has 0 aliphatic carbocycles. The maximum atomic E-state index is 13.2. The van der Waals surface area contributed by atoms with E-state index >= 15 is 0 Å². The van der Waals surface area contributed by atoms with Crippen LogP contribution in [0.25, 0.3) is 0 Å². The second-order valence-corrected chi connectivity index (χ2v) is 3.54. The first-order valence-electron chi connectivity index (χ1n) is 4.25. The Morgan fingerprint density at radius 1 is 1.42 bits per heavy atom. The highest BCUT2D eigenvalue weighted by Crippen LogP contribution is 2.24. The number of alkyl halides is 1. The highest BCUT2D eigenvalue weighted by atomic mass is 35.5. The van der Waals surface area contributed by atoms with Crippen molar-refractivity contribution in [1.29, 1.82) is 0 Å². The molecule has 1 fully saturated rings. The molecule has 0 spiro atoms. The molecule has 0 atom stereocenters. The van der Waals surface area contributed by atoms with Gasteiger partial charge in [0, 0.05) is 26.2 Å². The fourth-order valence-corrected chi connectivity index (χ4v) is 1.43. The van der Waals surface area contributed by atoms with E-state index in [4.69, 9.17) is 5.73 Å². The molecule has 0 radical (unpaired) electrons. The minimum Gasteiger partial charge on any atom is -0.329 e. The molecule has 1 aliphatic rings. The molecule has 12 heavy (non-hydrogen) atoms. The summed E-state index contributed by atoms with van der Waals surface area (Å²) in [7, 11) is 0. The lowest BCUT2D eigenvalue weighted by Gasteiger charge is -2.33. The quantitative estimate of drug-likeness (QED) is 0.719. The van der Waals surface area contributed by atoms with E-state index in [-0.39, 0.29) is 12.4 Å². The Morgan fingerprint density at radius 3 is 2.33 bits per heavy atom. The van der Waals surface area contributed by atoms with Crippen LogP contribution in [0.1, 0.15) is 19.8 Å². The van der Waals surface area contributed by atoms with Gasteiger partial charge >= 0.3 is 0 Å². The molecule has 0 saturated carbocycles. The number of likely N-dealkylation sites (tertiary alicyclic amines) is 1. The molecule has 2 N–H and O–H groups in total. The molecule has 0 aromatic carbocycles. The smallest absolute Gasteiger partial charge is 0.110 e. The Balaban J connectivity index is 0.00000121. The predicted molar refractivity (Wildman–Crippen MR) is 51.5 cm³/mol. The zero-order valence-corrected chi connectivity index (χ0v) is 8.37. The van der Waals surface area contributed by atoms with Crippen molar-refractivity contribution >= 4 is 12.4 Å². The first-order valence-corrected chi connectivity index (χ1v) is 4.25. The van der Waals surface area contributed by atoms with Crippen molar-refractivity contribution < 1.29 is 4.39 Å². The summed E-state index contributed by atoms with van der Waals surface area (Å²) in [6.45, 7) is 5.01. The van der Waals surface area contributed by atoms with Gasteiger partial charge in [0.25, 0.3) is 0 Å². The molecule has 2 nitrogen and oxygen atoms in total. The van der Waals surface area contributed by atoms with Gasteiger partial charge < -0.3 is 10.6 Å². The van der Waals surface area contributed by atoms with Gasteiger partial charge in [-0.1, -0.05) is 0 Å². The molecule has 74 valence electrons. The Labute approximate surface area is 79.7 Å². The third-order valence-electron chi connectivity index (χ3n) is 2.34. The van der Waals surface area contributed by atoms with Crippen LogP contribution in [-0.2, 0) is 0 Å². The summed E-state index contributed by atoms with van der Waals surface area (Å²) in [6, 6.07) is 0. The van der Waals surface area contributed by atoms with E-state index in [9.17, 15) is 4.39 Å². The van der Waals surface area contributed by atoms with E-state index in [1.165, 1.54) is 0 Å². The van der Waals surface area contributed by atoms with Gasteiger partial charge in [-0.05, 0) is 19.8 Å². The summed E-state index contributed by atoms with van der Waals surface area (Å²) in [5.74, 6) is 0. The zero-order chi connectivity index (χ0) is 8.32. The maximum Gasteiger partial charge on any atom is 0.110 e. The molecule has 1 rings (SSSR count). The lowest BCUT2D eigenvalue weighted by atomic mass is 9.96. The minimum absolute atomic E-state index is 0. The first-order chi connectivity index (χ1) is 5.14. The van der Waals surface area contributed by atoms with Crippen LogP contribution in [0, 0.1) is 0 Å². The van der Waals surface area contributed by atoms with E-state index in [1.54, 1.807) is 6.92 Å². The molecule has 0 amide bonds. The summed E-state index contributed by atoms with van der Waals surface area (Å²) in [5, 5.41) is 0. The molecule has 4 heteroatoms. The van der Waals surface area contributed by atoms with Crippen LogP contribution in [0.4, 0.5) is 4.39 Å². The molecule has 0 bridgehead atoms. The van der Waals surface area contributed by atoms with Crippen molar-refractivity contribution in [2.45, 2.75) is 25.4 Å². The summed E-state index contributed by atoms with van der Waals surface area (Å²) in [6.07, 6.45) is 1.32. The van der Waals surface area contributed by atoms with Gasteiger partial charge in [0.2, 0.25) is 0 Å². The average Bonchev–Trinajstić information content (AvgIpc) is 1.94. The van der Waals surface area contributed by atoms with Crippen LogP contribution < -0.4 is 5.73 Å². The fraction of sp³-hybridized carbons (Fsp3) is 1.00. The van der Waals surface area contributed by atoms with E-state index in [1.807, 2.05) is 0 Å². The van der Waals surface area contributed by atoms with Crippen molar-refractivity contribution in [3.8, 4) is 0 Å². The van der Waals surface area contributed by atoms with Gasteiger partial charge in [-0.25, -0.2) is 4.39 Å². The molecule has 0 aromatic heterocycles. The average molecular weight is 197 g/mol. The van der Waals surface area contributed by atoms with Crippen molar-refractivity contribution in [3.63, 3.8) is 0 Å². The summed E-state index contributed by atoms with van der Waals surface area (Å²) < 4.78 is 13.2. The van der Waals surface area contributed by atoms with Crippen molar-refractivity contribution in [2.75, 3.05) is 26.2 Å². The number of nitrogens with zero attached hydrogens (tertiary/aromatic N) is 1. The third-order valence-corrected chi connectivity index (χ3v) is 2.34. The van der Waals surface area contributed by atoms with Crippen LogP contribution in [0.2, 0.25) is 0 Å². The Hall–Kier alpha value is 0.140.